The van der Waals surface area contributed by atoms with Gasteiger partial charge in [-0.25, -0.2) is 22.0 Å². The van der Waals surface area contributed by atoms with Crippen molar-refractivity contribution in [1.82, 2.24) is 5.32 Å². The number of allylic oxidation sites excluding steroid dienone is 1. The molecule has 2 atom stereocenters. The van der Waals surface area contributed by atoms with Gasteiger partial charge in [0.25, 0.3) is 0 Å². The minimum absolute atomic E-state index is 0.107. The molecule has 0 fully saturated rings. The van der Waals surface area contributed by atoms with E-state index in [9.17, 15) is 16.8 Å². The summed E-state index contributed by atoms with van der Waals surface area (Å²) in [4.78, 5) is 0. The van der Waals surface area contributed by atoms with E-state index in [1.807, 2.05) is 6.92 Å². The standard InChI is InChI=1S/C12H18N2O4S3/c1-3-5-8-6-10(14-4-2)9-7-11(21(13,17)18)19-12(9)20(8,15)16/h3,7-8,10,14H,1,4-6H2,2H3,(H2,13,17,18)/t8-,10-/m1/s1. The maximum atomic E-state index is 12.6. The van der Waals surface area contributed by atoms with Crippen molar-refractivity contribution in [3.05, 3.63) is 24.3 Å². The lowest BCUT2D eigenvalue weighted by Crippen LogP contribution is -2.34. The first kappa shape index (κ1) is 16.6. The van der Waals surface area contributed by atoms with Crippen molar-refractivity contribution in [2.24, 2.45) is 5.14 Å². The average molecular weight is 350 g/mol. The van der Waals surface area contributed by atoms with Crippen molar-refractivity contribution in [2.45, 2.75) is 39.5 Å². The lowest BCUT2D eigenvalue weighted by molar-refractivity contribution is 0.469. The second-order valence-corrected chi connectivity index (χ2v) is 10.2. The number of primary sulfonamides is 1. The van der Waals surface area contributed by atoms with E-state index >= 15 is 0 Å². The lowest BCUT2D eigenvalue weighted by atomic mass is 10.0. The molecule has 2 rings (SSSR count). The van der Waals surface area contributed by atoms with Crippen LogP contribution < -0.4 is 10.5 Å². The second-order valence-electron chi connectivity index (χ2n) is 4.89. The van der Waals surface area contributed by atoms with Crippen LogP contribution in [0.4, 0.5) is 0 Å². The molecule has 9 heteroatoms. The van der Waals surface area contributed by atoms with Crippen molar-refractivity contribution in [2.75, 3.05) is 6.54 Å². The van der Waals surface area contributed by atoms with Crippen LogP contribution in [0.2, 0.25) is 0 Å². The Morgan fingerprint density at radius 1 is 1.57 bits per heavy atom. The molecule has 118 valence electrons. The van der Waals surface area contributed by atoms with E-state index in [-0.39, 0.29) is 14.5 Å². The number of hydrogen-bond donors (Lipinski definition) is 2. The predicted molar refractivity (Wildman–Crippen MR) is 82.5 cm³/mol. The number of rotatable bonds is 5. The summed E-state index contributed by atoms with van der Waals surface area (Å²) < 4.78 is 48.1. The molecule has 0 saturated heterocycles. The van der Waals surface area contributed by atoms with E-state index in [1.165, 1.54) is 6.07 Å². The van der Waals surface area contributed by atoms with E-state index in [2.05, 4.69) is 11.9 Å². The summed E-state index contributed by atoms with van der Waals surface area (Å²) in [7, 11) is -7.46. The number of nitrogens with one attached hydrogen (secondary N) is 1. The molecule has 21 heavy (non-hydrogen) atoms. The summed E-state index contributed by atoms with van der Waals surface area (Å²) in [6.45, 7) is 6.17. The molecule has 1 aliphatic rings. The van der Waals surface area contributed by atoms with Gasteiger partial charge in [-0.15, -0.1) is 17.9 Å². The lowest BCUT2D eigenvalue weighted by Gasteiger charge is -2.29. The fourth-order valence-electron chi connectivity index (χ4n) is 2.49. The van der Waals surface area contributed by atoms with Gasteiger partial charge in [0.1, 0.15) is 8.42 Å². The fourth-order valence-corrected chi connectivity index (χ4v) is 7.15. The molecule has 0 aromatic carbocycles. The third-order valence-electron chi connectivity index (χ3n) is 3.43. The summed E-state index contributed by atoms with van der Waals surface area (Å²) in [5.74, 6) is 0. The van der Waals surface area contributed by atoms with E-state index in [0.717, 1.165) is 11.3 Å². The van der Waals surface area contributed by atoms with Gasteiger partial charge >= 0.3 is 0 Å². The summed E-state index contributed by atoms with van der Waals surface area (Å²) in [5.41, 5.74) is 0.506. The summed E-state index contributed by atoms with van der Waals surface area (Å²) in [5, 5.41) is 7.74. The normalized spacial score (nSPS) is 24.5. The van der Waals surface area contributed by atoms with Gasteiger partial charge in [0.15, 0.2) is 9.84 Å². The van der Waals surface area contributed by atoms with Crippen LogP contribution in [0.3, 0.4) is 0 Å². The molecule has 1 aliphatic heterocycles. The number of sulfone groups is 1. The third-order valence-corrected chi connectivity index (χ3v) is 8.76. The zero-order valence-electron chi connectivity index (χ0n) is 11.6. The number of hydrogen-bond acceptors (Lipinski definition) is 6. The van der Waals surface area contributed by atoms with E-state index in [4.69, 9.17) is 5.14 Å². The van der Waals surface area contributed by atoms with Crippen LogP contribution in [0.1, 0.15) is 31.4 Å². The molecule has 0 unspecified atom stereocenters. The number of fused-ring (bicyclic) bond motifs is 1. The molecular weight excluding hydrogens is 332 g/mol. The molecule has 6 nitrogen and oxygen atoms in total. The van der Waals surface area contributed by atoms with Crippen LogP contribution >= 0.6 is 11.3 Å². The highest BCUT2D eigenvalue weighted by Gasteiger charge is 2.40. The molecule has 1 aromatic rings. The Morgan fingerprint density at radius 3 is 2.76 bits per heavy atom. The molecule has 0 bridgehead atoms. The first-order chi connectivity index (χ1) is 9.71. The topological polar surface area (TPSA) is 106 Å². The quantitative estimate of drug-likeness (QED) is 0.775. The van der Waals surface area contributed by atoms with E-state index in [0.29, 0.717) is 24.9 Å². The first-order valence-electron chi connectivity index (χ1n) is 6.46. The Balaban J connectivity index is 2.62. The van der Waals surface area contributed by atoms with Crippen LogP contribution in [0.15, 0.2) is 27.1 Å². The zero-order chi connectivity index (χ0) is 15.8. The molecule has 2 heterocycles. The third kappa shape index (κ3) is 3.07. The van der Waals surface area contributed by atoms with Gasteiger partial charge in [-0.3, -0.25) is 0 Å². The SMILES string of the molecule is C=CC[C@@H]1C[C@@H](NCC)c2cc(S(N)(=O)=O)sc2S1(=O)=O. The molecule has 0 amide bonds. The Kier molecular flexibility index (Phi) is 4.60. The minimum Gasteiger partial charge on any atom is -0.310 e. The Bertz CT molecular complexity index is 749. The largest absolute Gasteiger partial charge is 0.310 e. The number of sulfonamides is 1. The van der Waals surface area contributed by atoms with Crippen molar-refractivity contribution >= 4 is 31.2 Å². The van der Waals surface area contributed by atoms with Crippen molar-refractivity contribution in [3.8, 4) is 0 Å². The molecule has 0 spiro atoms. The molecule has 0 saturated carbocycles. The molecule has 3 N–H and O–H groups in total. The second kappa shape index (κ2) is 5.81. The van der Waals surface area contributed by atoms with Gasteiger partial charge in [-0.1, -0.05) is 13.0 Å². The zero-order valence-corrected chi connectivity index (χ0v) is 14.0. The molecule has 0 aliphatic carbocycles. The maximum Gasteiger partial charge on any atom is 0.247 e. The number of thiophene rings is 1. The molecular formula is C12H18N2O4S3. The monoisotopic (exact) mass is 350 g/mol. The minimum atomic E-state index is -3.91. The van der Waals surface area contributed by atoms with Gasteiger partial charge < -0.3 is 5.32 Å². The van der Waals surface area contributed by atoms with Crippen LogP contribution in [0.25, 0.3) is 0 Å². The summed E-state index contributed by atoms with van der Waals surface area (Å²) >= 11 is 0.733. The van der Waals surface area contributed by atoms with E-state index < -0.39 is 25.1 Å². The van der Waals surface area contributed by atoms with Crippen LogP contribution in [-0.2, 0) is 19.9 Å². The number of nitrogens with two attached hydrogens (primary N) is 1. The van der Waals surface area contributed by atoms with Gasteiger partial charge in [-0.2, -0.15) is 0 Å². The van der Waals surface area contributed by atoms with E-state index in [1.54, 1.807) is 6.08 Å². The average Bonchev–Trinajstić information content (AvgIpc) is 2.82. The Morgan fingerprint density at radius 2 is 2.24 bits per heavy atom. The maximum absolute atomic E-state index is 12.6. The Labute approximate surface area is 129 Å². The molecule has 0 radical (unpaired) electrons. The summed E-state index contributed by atoms with van der Waals surface area (Å²) in [6, 6.07) is 1.19. The Hall–Kier alpha value is -0.740. The van der Waals surface area contributed by atoms with Gasteiger partial charge in [0.05, 0.1) is 5.25 Å². The van der Waals surface area contributed by atoms with Crippen LogP contribution in [-0.4, -0.2) is 28.6 Å². The van der Waals surface area contributed by atoms with Crippen molar-refractivity contribution in [1.29, 1.82) is 0 Å². The first-order valence-corrected chi connectivity index (χ1v) is 10.4. The predicted octanol–water partition coefficient (Wildman–Crippen LogP) is 1.17. The fraction of sp³-hybridized carbons (Fsp3) is 0.500. The van der Waals surface area contributed by atoms with Gasteiger partial charge in [0, 0.05) is 11.6 Å². The van der Waals surface area contributed by atoms with Crippen LogP contribution in [0, 0.1) is 0 Å². The smallest absolute Gasteiger partial charge is 0.247 e. The highest BCUT2D eigenvalue weighted by molar-refractivity contribution is 7.95. The van der Waals surface area contributed by atoms with Gasteiger partial charge in [0.2, 0.25) is 10.0 Å². The van der Waals surface area contributed by atoms with Gasteiger partial charge in [-0.05, 0) is 25.5 Å². The van der Waals surface area contributed by atoms with Crippen LogP contribution in [0.5, 0.6) is 0 Å². The highest BCUT2D eigenvalue weighted by Crippen LogP contribution is 2.43. The summed E-state index contributed by atoms with van der Waals surface area (Å²) in [6.07, 6.45) is 2.31. The molecule has 1 aromatic heterocycles. The van der Waals surface area contributed by atoms with Crippen molar-refractivity contribution in [3.63, 3.8) is 0 Å². The highest BCUT2D eigenvalue weighted by atomic mass is 32.3. The van der Waals surface area contributed by atoms with Crippen molar-refractivity contribution < 1.29 is 16.8 Å².